The number of hydrogen-bond donors (Lipinski definition) is 1. The molecule has 0 saturated carbocycles. The average molecular weight is 340 g/mol. The van der Waals surface area contributed by atoms with Crippen molar-refractivity contribution in [1.82, 2.24) is 5.32 Å². The van der Waals surface area contributed by atoms with Crippen LogP contribution >= 0.6 is 0 Å². The van der Waals surface area contributed by atoms with E-state index >= 15 is 0 Å². The van der Waals surface area contributed by atoms with Crippen LogP contribution < -0.4 is 19.7 Å². The predicted molar refractivity (Wildman–Crippen MR) is 94.1 cm³/mol. The molecule has 0 bridgehead atoms. The Morgan fingerprint density at radius 2 is 1.88 bits per heavy atom. The molecule has 0 atom stereocenters. The van der Waals surface area contributed by atoms with Gasteiger partial charge in [-0.15, -0.1) is 0 Å². The summed E-state index contributed by atoms with van der Waals surface area (Å²) in [4.78, 5) is 25.9. The molecule has 0 unspecified atom stereocenters. The Labute approximate surface area is 146 Å². The lowest BCUT2D eigenvalue weighted by molar-refractivity contribution is -0.116. The molecular formula is C19H20N2O4. The van der Waals surface area contributed by atoms with E-state index in [-0.39, 0.29) is 18.6 Å². The minimum atomic E-state index is -0.216. The number of aryl methyl sites for hydroxylation is 1. The van der Waals surface area contributed by atoms with Gasteiger partial charge in [-0.1, -0.05) is 18.2 Å². The van der Waals surface area contributed by atoms with Gasteiger partial charge in [-0.05, 0) is 36.8 Å². The summed E-state index contributed by atoms with van der Waals surface area (Å²) >= 11 is 0. The zero-order chi connectivity index (χ0) is 17.8. The molecule has 0 saturated heterocycles. The summed E-state index contributed by atoms with van der Waals surface area (Å²) < 4.78 is 10.5. The molecule has 130 valence electrons. The third-order valence-electron chi connectivity index (χ3n) is 4.04. The minimum Gasteiger partial charge on any atom is -0.454 e. The molecule has 0 aromatic heterocycles. The van der Waals surface area contributed by atoms with Gasteiger partial charge in [0.15, 0.2) is 11.5 Å². The van der Waals surface area contributed by atoms with Gasteiger partial charge in [0.2, 0.25) is 12.7 Å². The second kappa shape index (κ2) is 7.25. The average Bonchev–Trinajstić information content (AvgIpc) is 3.07. The van der Waals surface area contributed by atoms with Crippen molar-refractivity contribution in [1.29, 1.82) is 0 Å². The molecule has 0 aliphatic carbocycles. The van der Waals surface area contributed by atoms with Gasteiger partial charge in [0.25, 0.3) is 5.91 Å². The summed E-state index contributed by atoms with van der Waals surface area (Å²) in [7, 11) is 0. The minimum absolute atomic E-state index is 0.0633. The predicted octanol–water partition coefficient (Wildman–Crippen LogP) is 2.51. The Hall–Kier alpha value is -3.02. The van der Waals surface area contributed by atoms with E-state index in [0.717, 1.165) is 11.3 Å². The van der Waals surface area contributed by atoms with Crippen LogP contribution in [0.2, 0.25) is 0 Å². The molecule has 3 rings (SSSR count). The highest BCUT2D eigenvalue weighted by Gasteiger charge is 2.17. The zero-order valence-corrected chi connectivity index (χ0v) is 14.2. The van der Waals surface area contributed by atoms with Crippen LogP contribution in [-0.4, -0.2) is 31.7 Å². The Bertz CT molecular complexity index is 804. The van der Waals surface area contributed by atoms with Crippen LogP contribution in [0.25, 0.3) is 0 Å². The van der Waals surface area contributed by atoms with Crippen molar-refractivity contribution in [3.63, 3.8) is 0 Å². The van der Waals surface area contributed by atoms with Gasteiger partial charge in [-0.3, -0.25) is 9.59 Å². The Morgan fingerprint density at radius 1 is 1.12 bits per heavy atom. The van der Waals surface area contributed by atoms with Crippen LogP contribution in [0, 0.1) is 6.92 Å². The third kappa shape index (κ3) is 3.74. The van der Waals surface area contributed by atoms with Crippen molar-refractivity contribution < 1.29 is 19.1 Å². The molecule has 25 heavy (non-hydrogen) atoms. The maximum Gasteiger partial charge on any atom is 0.251 e. The van der Waals surface area contributed by atoms with Crippen LogP contribution in [0.4, 0.5) is 5.69 Å². The third-order valence-corrected chi connectivity index (χ3v) is 4.04. The summed E-state index contributed by atoms with van der Waals surface area (Å²) in [6, 6.07) is 12.7. The number of ether oxygens (including phenoxy) is 2. The molecule has 0 fully saturated rings. The molecule has 1 heterocycles. The highest BCUT2D eigenvalue weighted by molar-refractivity contribution is 5.95. The molecule has 1 N–H and O–H groups in total. The van der Waals surface area contributed by atoms with Crippen LogP contribution in [0.5, 0.6) is 11.5 Å². The van der Waals surface area contributed by atoms with Crippen molar-refractivity contribution in [3.05, 3.63) is 53.6 Å². The van der Waals surface area contributed by atoms with Crippen LogP contribution in [0.3, 0.4) is 0 Å². The largest absolute Gasteiger partial charge is 0.454 e. The van der Waals surface area contributed by atoms with Gasteiger partial charge in [0.1, 0.15) is 0 Å². The van der Waals surface area contributed by atoms with E-state index in [2.05, 4.69) is 5.32 Å². The number of benzene rings is 2. The topological polar surface area (TPSA) is 67.9 Å². The number of nitrogens with one attached hydrogen (secondary N) is 1. The summed E-state index contributed by atoms with van der Waals surface area (Å²) in [6.07, 6.45) is 0. The number of anilines is 1. The molecule has 0 radical (unpaired) electrons. The van der Waals surface area contributed by atoms with E-state index in [0.29, 0.717) is 30.2 Å². The quantitative estimate of drug-likeness (QED) is 0.908. The molecule has 6 nitrogen and oxygen atoms in total. The lowest BCUT2D eigenvalue weighted by Gasteiger charge is -2.23. The molecular weight excluding hydrogens is 320 g/mol. The van der Waals surface area contributed by atoms with Gasteiger partial charge in [-0.2, -0.15) is 0 Å². The normalized spacial score (nSPS) is 11.9. The summed E-state index contributed by atoms with van der Waals surface area (Å²) in [5, 5.41) is 2.84. The molecule has 0 spiro atoms. The van der Waals surface area contributed by atoms with Crippen molar-refractivity contribution in [2.24, 2.45) is 0 Å². The van der Waals surface area contributed by atoms with Crippen LogP contribution in [0.1, 0.15) is 22.8 Å². The molecule has 6 heteroatoms. The first-order chi connectivity index (χ1) is 12.1. The van der Waals surface area contributed by atoms with Gasteiger partial charge < -0.3 is 19.7 Å². The fourth-order valence-electron chi connectivity index (χ4n) is 2.73. The van der Waals surface area contributed by atoms with Gasteiger partial charge >= 0.3 is 0 Å². The fourth-order valence-corrected chi connectivity index (χ4v) is 2.73. The lowest BCUT2D eigenvalue weighted by atomic mass is 10.1. The second-order valence-electron chi connectivity index (χ2n) is 5.78. The highest BCUT2D eigenvalue weighted by atomic mass is 16.7. The second-order valence-corrected chi connectivity index (χ2v) is 5.78. The number of para-hydroxylation sites is 1. The first kappa shape index (κ1) is 16.8. The smallest absolute Gasteiger partial charge is 0.251 e. The van der Waals surface area contributed by atoms with Gasteiger partial charge in [-0.25, -0.2) is 0 Å². The van der Waals surface area contributed by atoms with E-state index in [9.17, 15) is 9.59 Å². The maximum atomic E-state index is 12.3. The Morgan fingerprint density at radius 3 is 2.64 bits per heavy atom. The number of rotatable bonds is 5. The lowest BCUT2D eigenvalue weighted by Crippen LogP contribution is -2.37. The molecule has 2 aromatic rings. The summed E-state index contributed by atoms with van der Waals surface area (Å²) in [5.41, 5.74) is 2.36. The molecule has 2 aromatic carbocycles. The number of fused-ring (bicyclic) bond motifs is 1. The number of hydrogen-bond acceptors (Lipinski definition) is 4. The van der Waals surface area contributed by atoms with Crippen molar-refractivity contribution in [2.75, 3.05) is 24.8 Å². The summed E-state index contributed by atoms with van der Waals surface area (Å²) in [6.45, 7) is 4.39. The Balaban J connectivity index is 1.62. The zero-order valence-electron chi connectivity index (χ0n) is 14.2. The van der Waals surface area contributed by atoms with Crippen molar-refractivity contribution >= 4 is 17.5 Å². The Kier molecular flexibility index (Phi) is 4.88. The van der Waals surface area contributed by atoms with E-state index in [4.69, 9.17) is 9.47 Å². The first-order valence-corrected chi connectivity index (χ1v) is 8.08. The highest BCUT2D eigenvalue weighted by Crippen LogP contribution is 2.32. The fraction of sp³-hybridized carbons (Fsp3) is 0.263. The van der Waals surface area contributed by atoms with E-state index in [1.165, 1.54) is 6.92 Å². The SMILES string of the molecule is CC(=O)N(CCNC(=O)c1ccc2c(c1)OCO2)c1ccccc1C. The van der Waals surface area contributed by atoms with Crippen LogP contribution in [0.15, 0.2) is 42.5 Å². The van der Waals surface area contributed by atoms with Crippen LogP contribution in [-0.2, 0) is 4.79 Å². The number of carbonyl (C=O) groups excluding carboxylic acids is 2. The van der Waals surface area contributed by atoms with Gasteiger partial charge in [0.05, 0.1) is 0 Å². The molecule has 1 aliphatic rings. The van der Waals surface area contributed by atoms with E-state index < -0.39 is 0 Å². The molecule has 2 amide bonds. The maximum absolute atomic E-state index is 12.3. The van der Waals surface area contributed by atoms with E-state index in [1.807, 2.05) is 31.2 Å². The molecule has 1 aliphatic heterocycles. The monoisotopic (exact) mass is 340 g/mol. The van der Waals surface area contributed by atoms with Gasteiger partial charge in [0, 0.05) is 31.3 Å². The van der Waals surface area contributed by atoms with Crippen molar-refractivity contribution in [2.45, 2.75) is 13.8 Å². The standard InChI is InChI=1S/C19H20N2O4/c1-13-5-3-4-6-16(13)21(14(2)22)10-9-20-19(23)15-7-8-17-18(11-15)25-12-24-17/h3-8,11H,9-10,12H2,1-2H3,(H,20,23). The number of nitrogens with zero attached hydrogens (tertiary/aromatic N) is 1. The summed E-state index contributed by atoms with van der Waals surface area (Å²) in [5.74, 6) is 0.926. The van der Waals surface area contributed by atoms with E-state index in [1.54, 1.807) is 23.1 Å². The first-order valence-electron chi connectivity index (χ1n) is 8.08. The number of carbonyl (C=O) groups is 2. The van der Waals surface area contributed by atoms with Crippen molar-refractivity contribution in [3.8, 4) is 11.5 Å². The number of amides is 2.